The fourth-order valence-corrected chi connectivity index (χ4v) is 5.51. The van der Waals surface area contributed by atoms with Gasteiger partial charge in [-0.3, -0.25) is 9.59 Å². The highest BCUT2D eigenvalue weighted by atomic mass is 35.5. The van der Waals surface area contributed by atoms with Crippen LogP contribution in [-0.4, -0.2) is 36.3 Å². The molecule has 0 spiro atoms. The maximum absolute atomic E-state index is 13.7. The number of hydrogen-bond acceptors (Lipinski definition) is 4. The zero-order valence-corrected chi connectivity index (χ0v) is 20.8. The standard InChI is InChI=1S/C26H27ClN2O5S/c1-2-24(20-6-4-3-5-7-20)29(35(33,34)23-14-12-22(27)13-15-23)18-19-8-10-21(11-9-19)26(32)28-17-16-25(30)31/h3-15,24H,2,16-18H2,1H3,(H,28,32)(H,30,31)/t24-/m0/s1. The summed E-state index contributed by atoms with van der Waals surface area (Å²) in [5, 5.41) is 11.7. The minimum atomic E-state index is -3.88. The Morgan fingerprint density at radius 2 is 1.60 bits per heavy atom. The Morgan fingerprint density at radius 3 is 2.17 bits per heavy atom. The molecule has 2 N–H and O–H groups in total. The van der Waals surface area contributed by atoms with Gasteiger partial charge in [-0.15, -0.1) is 0 Å². The number of carboxylic acids is 1. The van der Waals surface area contributed by atoms with Gasteiger partial charge in [0.05, 0.1) is 17.4 Å². The number of sulfonamides is 1. The summed E-state index contributed by atoms with van der Waals surface area (Å²) in [6, 6.07) is 21.7. The highest BCUT2D eigenvalue weighted by Crippen LogP contribution is 2.32. The molecular formula is C26H27ClN2O5S. The smallest absolute Gasteiger partial charge is 0.305 e. The summed E-state index contributed by atoms with van der Waals surface area (Å²) in [6.45, 7) is 2.06. The van der Waals surface area contributed by atoms with Crippen molar-refractivity contribution in [3.05, 3.63) is 101 Å². The number of carbonyl (C=O) groups excluding carboxylic acids is 1. The number of hydrogen-bond donors (Lipinski definition) is 2. The average molecular weight is 515 g/mol. The van der Waals surface area contributed by atoms with Crippen molar-refractivity contribution in [1.29, 1.82) is 0 Å². The van der Waals surface area contributed by atoms with Gasteiger partial charge in [0, 0.05) is 23.7 Å². The van der Waals surface area contributed by atoms with E-state index in [9.17, 15) is 18.0 Å². The van der Waals surface area contributed by atoms with Crippen LogP contribution in [0.25, 0.3) is 0 Å². The molecule has 0 aliphatic heterocycles. The summed E-state index contributed by atoms with van der Waals surface area (Å²) >= 11 is 5.97. The van der Waals surface area contributed by atoms with Crippen LogP contribution in [0, 0.1) is 0 Å². The van der Waals surface area contributed by atoms with E-state index in [0.717, 1.165) is 5.56 Å². The summed E-state index contributed by atoms with van der Waals surface area (Å²) in [7, 11) is -3.88. The summed E-state index contributed by atoms with van der Waals surface area (Å²) in [5.41, 5.74) is 1.95. The van der Waals surface area contributed by atoms with E-state index in [0.29, 0.717) is 22.6 Å². The Balaban J connectivity index is 1.90. The molecule has 0 fully saturated rings. The largest absolute Gasteiger partial charge is 0.481 e. The molecule has 3 rings (SSSR count). The zero-order chi connectivity index (χ0) is 25.4. The molecule has 0 unspecified atom stereocenters. The number of carboxylic acid groups (broad SMARTS) is 1. The highest BCUT2D eigenvalue weighted by molar-refractivity contribution is 7.89. The minimum Gasteiger partial charge on any atom is -0.481 e. The second-order valence-corrected chi connectivity index (χ2v) is 10.3. The van der Waals surface area contributed by atoms with Crippen LogP contribution >= 0.6 is 11.6 Å². The summed E-state index contributed by atoms with van der Waals surface area (Å²) in [5.74, 6) is -1.38. The first kappa shape index (κ1) is 26.4. The molecule has 0 saturated carbocycles. The van der Waals surface area contributed by atoms with Crippen molar-refractivity contribution in [2.24, 2.45) is 0 Å². The number of benzene rings is 3. The third-order valence-electron chi connectivity index (χ3n) is 5.52. The number of halogens is 1. The zero-order valence-electron chi connectivity index (χ0n) is 19.2. The Bertz CT molecular complexity index is 1250. The van der Waals surface area contributed by atoms with Gasteiger partial charge in [0.15, 0.2) is 0 Å². The Morgan fingerprint density at radius 1 is 0.971 bits per heavy atom. The highest BCUT2D eigenvalue weighted by Gasteiger charge is 2.31. The normalized spacial score (nSPS) is 12.3. The van der Waals surface area contributed by atoms with Crippen LogP contribution in [0.5, 0.6) is 0 Å². The first-order valence-electron chi connectivity index (χ1n) is 11.1. The van der Waals surface area contributed by atoms with E-state index in [-0.39, 0.29) is 30.3 Å². The molecule has 3 aromatic carbocycles. The average Bonchev–Trinajstić information content (AvgIpc) is 2.85. The number of nitrogens with one attached hydrogen (secondary N) is 1. The van der Waals surface area contributed by atoms with Gasteiger partial charge in [0.2, 0.25) is 10.0 Å². The van der Waals surface area contributed by atoms with E-state index in [1.165, 1.54) is 16.4 Å². The quantitative estimate of drug-likeness (QED) is 0.379. The number of amides is 1. The van der Waals surface area contributed by atoms with Gasteiger partial charge in [0.25, 0.3) is 5.91 Å². The van der Waals surface area contributed by atoms with Crippen molar-refractivity contribution in [3.63, 3.8) is 0 Å². The Labute approximate surface area is 210 Å². The fourth-order valence-electron chi connectivity index (χ4n) is 3.71. The van der Waals surface area contributed by atoms with Crippen LogP contribution in [0.1, 0.15) is 47.3 Å². The van der Waals surface area contributed by atoms with Crippen LogP contribution < -0.4 is 5.32 Å². The predicted octanol–water partition coefficient (Wildman–Crippen LogP) is 4.89. The van der Waals surface area contributed by atoms with Crippen LogP contribution in [0.4, 0.5) is 0 Å². The third-order valence-corrected chi connectivity index (χ3v) is 7.64. The molecule has 0 aliphatic carbocycles. The van der Waals surface area contributed by atoms with Crippen molar-refractivity contribution < 1.29 is 23.1 Å². The van der Waals surface area contributed by atoms with E-state index in [1.807, 2.05) is 37.3 Å². The van der Waals surface area contributed by atoms with Crippen molar-refractivity contribution >= 4 is 33.5 Å². The molecule has 1 atom stereocenters. The van der Waals surface area contributed by atoms with Gasteiger partial charge in [-0.2, -0.15) is 4.31 Å². The van der Waals surface area contributed by atoms with Gasteiger partial charge in [-0.1, -0.05) is 61.0 Å². The third kappa shape index (κ3) is 6.91. The Kier molecular flexibility index (Phi) is 9.03. The predicted molar refractivity (Wildman–Crippen MR) is 135 cm³/mol. The second kappa shape index (κ2) is 12.0. The monoisotopic (exact) mass is 514 g/mol. The lowest BCUT2D eigenvalue weighted by atomic mass is 10.0. The van der Waals surface area contributed by atoms with Crippen molar-refractivity contribution in [1.82, 2.24) is 9.62 Å². The molecular weight excluding hydrogens is 488 g/mol. The molecule has 0 heterocycles. The van der Waals surface area contributed by atoms with Gasteiger partial charge < -0.3 is 10.4 Å². The summed E-state index contributed by atoms with van der Waals surface area (Å²) in [4.78, 5) is 23.0. The number of rotatable bonds is 11. The van der Waals surface area contributed by atoms with Crippen molar-refractivity contribution in [3.8, 4) is 0 Å². The summed E-state index contributed by atoms with van der Waals surface area (Å²) < 4.78 is 28.9. The number of carbonyl (C=O) groups is 2. The van der Waals surface area contributed by atoms with Crippen molar-refractivity contribution in [2.75, 3.05) is 6.54 Å². The molecule has 0 aromatic heterocycles. The van der Waals surface area contributed by atoms with Gasteiger partial charge in [-0.25, -0.2) is 8.42 Å². The van der Waals surface area contributed by atoms with E-state index in [2.05, 4.69) is 5.32 Å². The SMILES string of the molecule is CC[C@@H](c1ccccc1)N(Cc1ccc(C(=O)NCCC(=O)O)cc1)S(=O)(=O)c1ccc(Cl)cc1. The van der Waals surface area contributed by atoms with Crippen LogP contribution in [-0.2, 0) is 21.4 Å². The molecule has 0 saturated heterocycles. The Hall–Kier alpha value is -3.20. The van der Waals surface area contributed by atoms with Gasteiger partial charge in [0.1, 0.15) is 0 Å². The number of nitrogens with zero attached hydrogens (tertiary/aromatic N) is 1. The molecule has 184 valence electrons. The van der Waals surface area contributed by atoms with Crippen LogP contribution in [0.3, 0.4) is 0 Å². The lowest BCUT2D eigenvalue weighted by Gasteiger charge is -2.31. The topological polar surface area (TPSA) is 104 Å². The second-order valence-electron chi connectivity index (χ2n) is 7.94. The maximum Gasteiger partial charge on any atom is 0.305 e. The van der Waals surface area contributed by atoms with Crippen LogP contribution in [0.2, 0.25) is 5.02 Å². The van der Waals surface area contributed by atoms with E-state index < -0.39 is 22.0 Å². The molecule has 9 heteroatoms. The molecule has 0 radical (unpaired) electrons. The summed E-state index contributed by atoms with van der Waals surface area (Å²) in [6.07, 6.45) is 0.389. The van der Waals surface area contributed by atoms with Crippen LogP contribution in [0.15, 0.2) is 83.8 Å². The fraction of sp³-hybridized carbons (Fsp3) is 0.231. The molecule has 1 amide bonds. The lowest BCUT2D eigenvalue weighted by Crippen LogP contribution is -2.34. The number of aliphatic carboxylic acids is 1. The molecule has 35 heavy (non-hydrogen) atoms. The maximum atomic E-state index is 13.7. The van der Waals surface area contributed by atoms with E-state index in [1.54, 1.807) is 36.4 Å². The minimum absolute atomic E-state index is 0.0261. The van der Waals surface area contributed by atoms with E-state index >= 15 is 0 Å². The molecule has 7 nitrogen and oxygen atoms in total. The molecule has 0 bridgehead atoms. The first-order valence-corrected chi connectivity index (χ1v) is 13.0. The van der Waals surface area contributed by atoms with Gasteiger partial charge in [-0.05, 0) is 53.9 Å². The first-order chi connectivity index (χ1) is 16.7. The van der Waals surface area contributed by atoms with E-state index in [4.69, 9.17) is 16.7 Å². The van der Waals surface area contributed by atoms with Gasteiger partial charge >= 0.3 is 5.97 Å². The van der Waals surface area contributed by atoms with Crippen molar-refractivity contribution in [2.45, 2.75) is 37.2 Å². The molecule has 0 aliphatic rings. The molecule has 3 aromatic rings. The lowest BCUT2D eigenvalue weighted by molar-refractivity contribution is -0.136.